The quantitative estimate of drug-likeness (QED) is 0.761. The fourth-order valence-electron chi connectivity index (χ4n) is 4.83. The maximum absolute atomic E-state index is 13.8. The average Bonchev–Trinajstić information content (AvgIpc) is 3.41. The minimum absolute atomic E-state index is 0.000741. The molecule has 3 aliphatic rings. The number of rotatable bonds is 4. The molecule has 170 valence electrons. The van der Waals surface area contributed by atoms with Crippen LogP contribution in [0.2, 0.25) is 0 Å². The summed E-state index contributed by atoms with van der Waals surface area (Å²) < 4.78 is 41.1. The number of benzene rings is 1. The van der Waals surface area contributed by atoms with E-state index in [0.717, 1.165) is 21.6 Å². The molecule has 1 N–H and O–H groups in total. The fourth-order valence-corrected chi connectivity index (χ4v) is 4.83. The number of aryl methyl sites for hydroxylation is 1. The molecule has 10 heteroatoms. The van der Waals surface area contributed by atoms with Gasteiger partial charge in [-0.25, -0.2) is 13.2 Å². The van der Waals surface area contributed by atoms with Crippen molar-refractivity contribution in [1.29, 1.82) is 5.26 Å². The molecule has 3 heterocycles. The van der Waals surface area contributed by atoms with E-state index >= 15 is 0 Å². The molecule has 0 radical (unpaired) electrons. The second kappa shape index (κ2) is 8.11. The Hall–Kier alpha value is -3.09. The first-order valence-corrected chi connectivity index (χ1v) is 10.6. The van der Waals surface area contributed by atoms with Crippen LogP contribution in [-0.4, -0.2) is 52.1 Å². The molecule has 2 fully saturated rings. The third-order valence-corrected chi connectivity index (χ3v) is 6.47. The predicted octanol–water partition coefficient (Wildman–Crippen LogP) is 1.88. The van der Waals surface area contributed by atoms with Crippen LogP contribution in [0.1, 0.15) is 42.9 Å². The maximum atomic E-state index is 13.8. The number of carbonyl (C=O) groups is 3. The van der Waals surface area contributed by atoms with Gasteiger partial charge in [-0.3, -0.25) is 14.4 Å². The zero-order valence-electron chi connectivity index (χ0n) is 17.5. The van der Waals surface area contributed by atoms with Gasteiger partial charge in [0.2, 0.25) is 17.7 Å². The standard InChI is InChI=1S/C22H23F3N4O3/c1-2-12-3-15(23)4-14-9-28(10-17(12)14)19(30)6-13-5-18(27-20(13)31)21(32)29-11-22(24,25)7-16(29)8-26/h3-4,13,16,18H,2,5-7,9-11H2,1H3,(H,27,31)/t13-,16-,18-/m0/s1. The summed E-state index contributed by atoms with van der Waals surface area (Å²) in [4.78, 5) is 40.3. The third-order valence-electron chi connectivity index (χ3n) is 6.47. The molecule has 1 aromatic rings. The summed E-state index contributed by atoms with van der Waals surface area (Å²) in [7, 11) is 0. The van der Waals surface area contributed by atoms with E-state index in [-0.39, 0.29) is 31.1 Å². The number of nitriles is 1. The van der Waals surface area contributed by atoms with Gasteiger partial charge in [0.05, 0.1) is 12.6 Å². The summed E-state index contributed by atoms with van der Waals surface area (Å²) in [5, 5.41) is 11.6. The number of nitrogens with one attached hydrogen (secondary N) is 1. The summed E-state index contributed by atoms with van der Waals surface area (Å²) >= 11 is 0. The Kier molecular flexibility index (Phi) is 5.61. The van der Waals surface area contributed by atoms with E-state index in [1.165, 1.54) is 12.1 Å². The van der Waals surface area contributed by atoms with E-state index in [0.29, 0.717) is 13.0 Å². The summed E-state index contributed by atoms with van der Waals surface area (Å²) in [6.45, 7) is 1.64. The van der Waals surface area contributed by atoms with E-state index in [1.54, 1.807) is 11.0 Å². The summed E-state index contributed by atoms with van der Waals surface area (Å²) in [6, 6.07) is 2.30. The molecule has 7 nitrogen and oxygen atoms in total. The van der Waals surface area contributed by atoms with Crippen molar-refractivity contribution in [2.75, 3.05) is 6.54 Å². The van der Waals surface area contributed by atoms with Gasteiger partial charge in [-0.05, 0) is 41.7 Å². The van der Waals surface area contributed by atoms with E-state index in [2.05, 4.69) is 5.32 Å². The van der Waals surface area contributed by atoms with Crippen molar-refractivity contribution >= 4 is 17.7 Å². The molecule has 3 amide bonds. The number of fused-ring (bicyclic) bond motifs is 1. The van der Waals surface area contributed by atoms with Crippen molar-refractivity contribution in [1.82, 2.24) is 15.1 Å². The largest absolute Gasteiger partial charge is 0.344 e. The predicted molar refractivity (Wildman–Crippen MR) is 105 cm³/mol. The SMILES string of the molecule is CCc1cc(F)cc2c1CN(C(=O)C[C@@H]1C[C@@H](C(=O)N3CC(F)(F)C[C@H]3C#N)NC1=O)C2. The Labute approximate surface area is 183 Å². The van der Waals surface area contributed by atoms with Crippen molar-refractivity contribution in [3.05, 3.63) is 34.6 Å². The van der Waals surface area contributed by atoms with Crippen LogP contribution >= 0.6 is 0 Å². The molecule has 0 unspecified atom stereocenters. The van der Waals surface area contributed by atoms with Gasteiger partial charge >= 0.3 is 0 Å². The van der Waals surface area contributed by atoms with E-state index in [4.69, 9.17) is 5.26 Å². The van der Waals surface area contributed by atoms with Crippen LogP contribution in [0.15, 0.2) is 12.1 Å². The number of amides is 3. The van der Waals surface area contributed by atoms with Crippen LogP contribution in [0.25, 0.3) is 0 Å². The summed E-state index contributed by atoms with van der Waals surface area (Å²) in [6.07, 6.45) is -0.228. The monoisotopic (exact) mass is 448 g/mol. The minimum Gasteiger partial charge on any atom is -0.344 e. The Bertz CT molecular complexity index is 1020. The number of hydrogen-bond donors (Lipinski definition) is 1. The molecule has 3 aliphatic heterocycles. The minimum atomic E-state index is -3.14. The molecular formula is C22H23F3N4O3. The van der Waals surface area contributed by atoms with Gasteiger partial charge in [0.25, 0.3) is 5.92 Å². The zero-order chi connectivity index (χ0) is 23.2. The molecule has 0 saturated carbocycles. The summed E-state index contributed by atoms with van der Waals surface area (Å²) in [5.41, 5.74) is 2.51. The molecule has 0 aromatic heterocycles. The molecule has 0 bridgehead atoms. The zero-order valence-corrected chi connectivity index (χ0v) is 17.5. The van der Waals surface area contributed by atoms with E-state index in [9.17, 15) is 27.6 Å². The first-order valence-electron chi connectivity index (χ1n) is 10.6. The number of hydrogen-bond acceptors (Lipinski definition) is 4. The second-order valence-electron chi connectivity index (χ2n) is 8.67. The van der Waals surface area contributed by atoms with Crippen molar-refractivity contribution in [3.8, 4) is 6.07 Å². The van der Waals surface area contributed by atoms with Gasteiger partial charge in [0.1, 0.15) is 17.9 Å². The molecule has 0 spiro atoms. The van der Waals surface area contributed by atoms with E-state index in [1.807, 2.05) is 6.92 Å². The molecule has 32 heavy (non-hydrogen) atoms. The van der Waals surface area contributed by atoms with Crippen LogP contribution in [0.3, 0.4) is 0 Å². The van der Waals surface area contributed by atoms with Crippen LogP contribution in [0.4, 0.5) is 13.2 Å². The highest BCUT2D eigenvalue weighted by atomic mass is 19.3. The van der Waals surface area contributed by atoms with Gasteiger partial charge in [0.15, 0.2) is 0 Å². The lowest BCUT2D eigenvalue weighted by Crippen LogP contribution is -2.46. The molecule has 1 aromatic carbocycles. The average molecular weight is 448 g/mol. The van der Waals surface area contributed by atoms with Crippen molar-refractivity contribution < 1.29 is 27.6 Å². The highest BCUT2D eigenvalue weighted by Crippen LogP contribution is 2.34. The lowest BCUT2D eigenvalue weighted by Gasteiger charge is -2.22. The number of carbonyl (C=O) groups excluding carboxylic acids is 3. The van der Waals surface area contributed by atoms with Crippen LogP contribution in [0.5, 0.6) is 0 Å². The Balaban J connectivity index is 1.39. The van der Waals surface area contributed by atoms with Crippen LogP contribution in [0, 0.1) is 23.1 Å². The Morgan fingerprint density at radius 3 is 2.75 bits per heavy atom. The van der Waals surface area contributed by atoms with E-state index < -0.39 is 48.7 Å². The number of halogens is 3. The van der Waals surface area contributed by atoms with Gasteiger partial charge < -0.3 is 15.1 Å². The molecule has 0 aliphatic carbocycles. The van der Waals surface area contributed by atoms with Crippen molar-refractivity contribution in [2.45, 2.75) is 63.7 Å². The van der Waals surface area contributed by atoms with Crippen molar-refractivity contribution in [3.63, 3.8) is 0 Å². The Morgan fingerprint density at radius 2 is 2.06 bits per heavy atom. The lowest BCUT2D eigenvalue weighted by molar-refractivity contribution is -0.135. The molecule has 3 atom stereocenters. The number of likely N-dealkylation sites (tertiary alicyclic amines) is 1. The van der Waals surface area contributed by atoms with Gasteiger partial charge in [-0.1, -0.05) is 6.92 Å². The van der Waals surface area contributed by atoms with Gasteiger partial charge in [-0.15, -0.1) is 0 Å². The first-order chi connectivity index (χ1) is 15.1. The molecule has 2 saturated heterocycles. The van der Waals surface area contributed by atoms with Crippen LogP contribution in [-0.2, 0) is 33.9 Å². The normalized spacial score (nSPS) is 26.1. The maximum Gasteiger partial charge on any atom is 0.268 e. The molecular weight excluding hydrogens is 425 g/mol. The highest BCUT2D eigenvalue weighted by molar-refractivity contribution is 5.94. The van der Waals surface area contributed by atoms with Crippen molar-refractivity contribution in [2.24, 2.45) is 5.92 Å². The highest BCUT2D eigenvalue weighted by Gasteiger charge is 2.50. The van der Waals surface area contributed by atoms with Gasteiger partial charge in [-0.2, -0.15) is 5.26 Å². The Morgan fingerprint density at radius 1 is 1.31 bits per heavy atom. The fraction of sp³-hybridized carbons (Fsp3) is 0.545. The second-order valence-corrected chi connectivity index (χ2v) is 8.67. The summed E-state index contributed by atoms with van der Waals surface area (Å²) in [5.74, 6) is -5.78. The topological polar surface area (TPSA) is 93.5 Å². The molecule has 4 rings (SSSR count). The van der Waals surface area contributed by atoms with Crippen LogP contribution < -0.4 is 5.32 Å². The number of nitrogens with zero attached hydrogens (tertiary/aromatic N) is 3. The first kappa shape index (κ1) is 22.1. The van der Waals surface area contributed by atoms with Gasteiger partial charge in [0, 0.05) is 31.8 Å². The lowest BCUT2D eigenvalue weighted by atomic mass is 9.99. The smallest absolute Gasteiger partial charge is 0.268 e. The number of alkyl halides is 2. The third kappa shape index (κ3) is 4.04.